The molecule has 0 aliphatic heterocycles. The molecule has 0 aromatic heterocycles. The average Bonchev–Trinajstić information content (AvgIpc) is 3.19. The van der Waals surface area contributed by atoms with Crippen LogP contribution in [0.25, 0.3) is 0 Å². The van der Waals surface area contributed by atoms with Gasteiger partial charge in [-0.1, -0.05) is 68.2 Å². The van der Waals surface area contributed by atoms with E-state index in [9.17, 15) is 24.3 Å². The van der Waals surface area contributed by atoms with Crippen molar-refractivity contribution in [3.05, 3.63) is 113 Å². The van der Waals surface area contributed by atoms with Crippen molar-refractivity contribution in [2.75, 3.05) is 27.4 Å². The Morgan fingerprint density at radius 3 is 2.09 bits per heavy atom. The van der Waals surface area contributed by atoms with Crippen molar-refractivity contribution in [1.82, 2.24) is 10.6 Å². The van der Waals surface area contributed by atoms with Gasteiger partial charge in [0, 0.05) is 20.6 Å². The molecule has 0 unspecified atom stereocenters. The first-order valence-corrected chi connectivity index (χ1v) is 22.1. The van der Waals surface area contributed by atoms with Crippen LogP contribution in [0.15, 0.2) is 91.0 Å². The first-order chi connectivity index (χ1) is 27.2. The third kappa shape index (κ3) is 13.6. The number of ether oxygens (including phenoxy) is 6. The maximum Gasteiger partial charge on any atom is 0.408 e. The second-order valence-electron chi connectivity index (χ2n) is 14.2. The highest BCUT2D eigenvalue weighted by atomic mass is 28.3. The molecule has 3 atom stereocenters. The van der Waals surface area contributed by atoms with Crippen molar-refractivity contribution < 1.29 is 52.7 Å². The lowest BCUT2D eigenvalue weighted by molar-refractivity contribution is -0.148. The molecule has 4 rings (SSSR count). The summed E-state index contributed by atoms with van der Waals surface area (Å²) in [5.74, 6) is -1.12. The standard InChI is InChI=1S/C42H51N3O11Si/c1-7-53-41(49)38(45-39(47)34(21-27-13-16-31(46)17-14-27)44-42(50)55-26-28-11-9-8-10-12-28)30-22-32(51-2)25-33(23-30)56-36-24-29(15-18-35(36)52-3)37(43)40(48)54-19-20-57(4,5)6/h8-18,22-25,34,37-38,46H,7,19-21,26,43H2,1-6H3,(H,44,50)(H,45,47)/t34-,37-,38+/m1/s1. The lowest BCUT2D eigenvalue weighted by Crippen LogP contribution is -2.50. The quantitative estimate of drug-likeness (QED) is 0.0468. The first-order valence-electron chi connectivity index (χ1n) is 18.4. The number of phenolic OH excluding ortho intramolecular Hbond substituents is 1. The molecule has 15 heteroatoms. The lowest BCUT2D eigenvalue weighted by atomic mass is 10.0. The zero-order valence-electron chi connectivity index (χ0n) is 33.0. The molecule has 4 aromatic carbocycles. The number of hydrogen-bond donors (Lipinski definition) is 4. The van der Waals surface area contributed by atoms with Crippen LogP contribution in [-0.4, -0.2) is 70.6 Å². The molecule has 0 saturated carbocycles. The molecule has 0 spiro atoms. The van der Waals surface area contributed by atoms with Crippen LogP contribution in [0.4, 0.5) is 4.79 Å². The maximum absolute atomic E-state index is 14.0. The SMILES string of the molecule is CCOC(=O)[C@@H](NC(=O)[C@@H](Cc1ccc(O)cc1)NC(=O)OCc1ccccc1)c1cc(OC)cc(Oc2cc([C@@H](N)C(=O)OCC[Si](C)(C)C)ccc2OC)c1. The van der Waals surface area contributed by atoms with Crippen LogP contribution in [-0.2, 0) is 41.6 Å². The van der Waals surface area contributed by atoms with Crippen molar-refractivity contribution >= 4 is 32.0 Å². The number of amides is 2. The van der Waals surface area contributed by atoms with Gasteiger partial charge in [-0.2, -0.15) is 0 Å². The fraction of sp³-hybridized carbons (Fsp3) is 0.333. The second-order valence-corrected chi connectivity index (χ2v) is 19.9. The number of hydrogen-bond acceptors (Lipinski definition) is 12. The Morgan fingerprint density at radius 2 is 1.44 bits per heavy atom. The lowest BCUT2D eigenvalue weighted by Gasteiger charge is -2.24. The highest BCUT2D eigenvalue weighted by Gasteiger charge is 2.31. The third-order valence-corrected chi connectivity index (χ3v) is 10.3. The van der Waals surface area contributed by atoms with Gasteiger partial charge < -0.3 is 49.9 Å². The molecule has 4 aromatic rings. The second kappa shape index (κ2) is 20.7. The number of nitrogens with two attached hydrogens (primary N) is 1. The monoisotopic (exact) mass is 801 g/mol. The number of methoxy groups -OCH3 is 2. The summed E-state index contributed by atoms with van der Waals surface area (Å²) >= 11 is 0. The van der Waals surface area contributed by atoms with Gasteiger partial charge in [-0.3, -0.25) is 4.79 Å². The molecule has 304 valence electrons. The number of nitrogens with one attached hydrogen (secondary N) is 2. The van der Waals surface area contributed by atoms with Gasteiger partial charge in [0.25, 0.3) is 0 Å². The van der Waals surface area contributed by atoms with Crippen molar-refractivity contribution in [3.8, 4) is 28.7 Å². The Labute approximate surface area is 333 Å². The number of benzene rings is 4. The Morgan fingerprint density at radius 1 is 0.737 bits per heavy atom. The van der Waals surface area contributed by atoms with Gasteiger partial charge in [-0.25, -0.2) is 14.4 Å². The van der Waals surface area contributed by atoms with E-state index in [1.165, 1.54) is 38.5 Å². The summed E-state index contributed by atoms with van der Waals surface area (Å²) in [6.07, 6.45) is -0.878. The van der Waals surface area contributed by atoms with Gasteiger partial charge in [-0.15, -0.1) is 0 Å². The fourth-order valence-electron chi connectivity index (χ4n) is 5.45. The molecule has 0 heterocycles. The third-order valence-electron chi connectivity index (χ3n) is 8.60. The van der Waals surface area contributed by atoms with E-state index in [-0.39, 0.29) is 54.8 Å². The largest absolute Gasteiger partial charge is 0.508 e. The molecular weight excluding hydrogens is 751 g/mol. The van der Waals surface area contributed by atoms with E-state index in [2.05, 4.69) is 30.3 Å². The summed E-state index contributed by atoms with van der Waals surface area (Å²) in [6.45, 7) is 8.41. The summed E-state index contributed by atoms with van der Waals surface area (Å²) in [6, 6.07) is 21.6. The molecule has 0 aliphatic rings. The van der Waals surface area contributed by atoms with Crippen LogP contribution in [0.2, 0.25) is 25.7 Å². The van der Waals surface area contributed by atoms with E-state index < -0.39 is 50.1 Å². The van der Waals surface area contributed by atoms with E-state index in [0.29, 0.717) is 16.9 Å². The smallest absolute Gasteiger partial charge is 0.408 e. The molecule has 14 nitrogen and oxygen atoms in total. The fourth-order valence-corrected chi connectivity index (χ4v) is 6.16. The number of rotatable bonds is 19. The van der Waals surface area contributed by atoms with Crippen molar-refractivity contribution in [3.63, 3.8) is 0 Å². The van der Waals surface area contributed by atoms with Gasteiger partial charge in [0.2, 0.25) is 5.91 Å². The Kier molecular flexibility index (Phi) is 15.9. The van der Waals surface area contributed by atoms with Crippen LogP contribution < -0.4 is 30.6 Å². The van der Waals surface area contributed by atoms with Crippen LogP contribution in [0.1, 0.15) is 41.3 Å². The number of carbonyl (C=O) groups excluding carboxylic acids is 4. The Hall–Kier alpha value is -6.06. The first kappa shape index (κ1) is 43.7. The summed E-state index contributed by atoms with van der Waals surface area (Å²) in [7, 11) is 1.44. The van der Waals surface area contributed by atoms with Gasteiger partial charge in [0.1, 0.15) is 35.9 Å². The van der Waals surface area contributed by atoms with Crippen molar-refractivity contribution in [1.29, 1.82) is 0 Å². The van der Waals surface area contributed by atoms with E-state index in [1.54, 1.807) is 67.6 Å². The Balaban J connectivity index is 1.62. The topological polar surface area (TPSA) is 194 Å². The number of alkyl carbamates (subject to hydrolysis) is 1. The number of esters is 2. The summed E-state index contributed by atoms with van der Waals surface area (Å²) in [4.78, 5) is 53.4. The Bertz CT molecular complexity index is 1970. The highest BCUT2D eigenvalue weighted by Crippen LogP contribution is 2.37. The molecule has 5 N–H and O–H groups in total. The summed E-state index contributed by atoms with van der Waals surface area (Å²) < 4.78 is 33.6. The predicted octanol–water partition coefficient (Wildman–Crippen LogP) is 6.34. The van der Waals surface area contributed by atoms with Gasteiger partial charge in [0.05, 0.1) is 27.4 Å². The molecule has 0 fully saturated rings. The molecule has 0 radical (unpaired) electrons. The minimum Gasteiger partial charge on any atom is -0.508 e. The predicted molar refractivity (Wildman–Crippen MR) is 215 cm³/mol. The molecule has 57 heavy (non-hydrogen) atoms. The molecule has 0 aliphatic carbocycles. The van der Waals surface area contributed by atoms with Gasteiger partial charge in [-0.05, 0) is 71.6 Å². The summed E-state index contributed by atoms with van der Waals surface area (Å²) in [5.41, 5.74) is 8.29. The zero-order chi connectivity index (χ0) is 41.5. The minimum absolute atomic E-state index is 0.00432. The molecule has 0 saturated heterocycles. The number of aromatic hydroxyl groups is 1. The number of phenols is 1. The van der Waals surface area contributed by atoms with Gasteiger partial charge >= 0.3 is 18.0 Å². The van der Waals surface area contributed by atoms with Crippen LogP contribution >= 0.6 is 0 Å². The highest BCUT2D eigenvalue weighted by molar-refractivity contribution is 6.76. The molecule has 2 amide bonds. The van der Waals surface area contributed by atoms with Crippen LogP contribution in [0.5, 0.6) is 28.7 Å². The van der Waals surface area contributed by atoms with Crippen molar-refractivity contribution in [2.45, 2.75) is 63.8 Å². The van der Waals surface area contributed by atoms with Gasteiger partial charge in [0.15, 0.2) is 17.5 Å². The molecule has 0 bridgehead atoms. The summed E-state index contributed by atoms with van der Waals surface area (Å²) in [5, 5.41) is 15.1. The number of carbonyl (C=O) groups is 4. The zero-order valence-corrected chi connectivity index (χ0v) is 34.0. The van der Waals surface area contributed by atoms with Crippen LogP contribution in [0.3, 0.4) is 0 Å². The minimum atomic E-state index is -1.44. The van der Waals surface area contributed by atoms with E-state index >= 15 is 0 Å². The van der Waals surface area contributed by atoms with E-state index in [1.807, 2.05) is 6.07 Å². The average molecular weight is 802 g/mol. The maximum atomic E-state index is 14.0. The van der Waals surface area contributed by atoms with Crippen molar-refractivity contribution in [2.24, 2.45) is 5.73 Å². The van der Waals surface area contributed by atoms with E-state index in [4.69, 9.17) is 34.2 Å². The van der Waals surface area contributed by atoms with E-state index in [0.717, 1.165) is 11.6 Å². The normalized spacial score (nSPS) is 12.6. The molecular formula is C42H51N3O11Si. The van der Waals surface area contributed by atoms with Crippen LogP contribution in [0, 0.1) is 0 Å².